The number of hydrogen-bond donors (Lipinski definition) is 1. The van der Waals surface area contributed by atoms with Gasteiger partial charge in [0.2, 0.25) is 0 Å². The Kier molecular flexibility index (Phi) is 3.84. The quantitative estimate of drug-likeness (QED) is 0.900. The minimum Gasteiger partial charge on any atom is -0.508 e. The van der Waals surface area contributed by atoms with Crippen molar-refractivity contribution in [3.05, 3.63) is 58.9 Å². The fourth-order valence-corrected chi connectivity index (χ4v) is 2.98. The van der Waals surface area contributed by atoms with Crippen molar-refractivity contribution in [3.8, 4) is 11.5 Å². The molecule has 0 unspecified atom stereocenters. The molecule has 3 nitrogen and oxygen atoms in total. The van der Waals surface area contributed by atoms with Crippen molar-refractivity contribution in [2.75, 3.05) is 0 Å². The van der Waals surface area contributed by atoms with Crippen molar-refractivity contribution >= 4 is 5.71 Å². The van der Waals surface area contributed by atoms with Crippen LogP contribution in [0.2, 0.25) is 0 Å². The van der Waals surface area contributed by atoms with Gasteiger partial charge in [-0.25, -0.2) is 9.38 Å². The van der Waals surface area contributed by atoms with Gasteiger partial charge in [0, 0.05) is 30.0 Å². The second kappa shape index (κ2) is 5.69. The third-order valence-corrected chi connectivity index (χ3v) is 4.36. The monoisotopic (exact) mass is 313 g/mol. The van der Waals surface area contributed by atoms with E-state index in [9.17, 15) is 9.50 Å². The highest BCUT2D eigenvalue weighted by molar-refractivity contribution is 6.16. The molecule has 120 valence electrons. The molecule has 0 spiro atoms. The van der Waals surface area contributed by atoms with Crippen molar-refractivity contribution in [1.29, 1.82) is 0 Å². The van der Waals surface area contributed by atoms with Crippen LogP contribution in [0.25, 0.3) is 0 Å². The minimum atomic E-state index is -0.656. The lowest BCUT2D eigenvalue weighted by Gasteiger charge is -2.35. The zero-order valence-corrected chi connectivity index (χ0v) is 13.6. The fourth-order valence-electron chi connectivity index (χ4n) is 2.98. The van der Waals surface area contributed by atoms with E-state index in [0.29, 0.717) is 18.6 Å². The van der Waals surface area contributed by atoms with Gasteiger partial charge in [0.25, 0.3) is 0 Å². The molecular weight excluding hydrogens is 293 g/mol. The molecular formula is C19H20FNO2. The molecule has 1 N–H and O–H groups in total. The summed E-state index contributed by atoms with van der Waals surface area (Å²) < 4.78 is 19.4. The number of aryl methyl sites for hydroxylation is 1. The summed E-state index contributed by atoms with van der Waals surface area (Å²) in [5.41, 5.74) is 2.70. The third-order valence-electron chi connectivity index (χ3n) is 4.36. The van der Waals surface area contributed by atoms with Gasteiger partial charge in [0.1, 0.15) is 17.3 Å². The Labute approximate surface area is 135 Å². The van der Waals surface area contributed by atoms with Crippen LogP contribution in [-0.2, 0) is 0 Å². The molecule has 0 aliphatic carbocycles. The second-order valence-corrected chi connectivity index (χ2v) is 5.86. The first-order valence-electron chi connectivity index (χ1n) is 7.87. The maximum Gasteiger partial charge on any atom is 0.200 e. The Morgan fingerprint density at radius 1 is 1.13 bits per heavy atom. The molecule has 2 aromatic rings. The summed E-state index contributed by atoms with van der Waals surface area (Å²) in [5.74, 6) is 0.518. The highest BCUT2D eigenvalue weighted by Crippen LogP contribution is 2.39. The smallest absolute Gasteiger partial charge is 0.200 e. The average molecular weight is 313 g/mol. The normalized spacial score (nSPS) is 15.6. The first kappa shape index (κ1) is 15.5. The first-order valence-corrected chi connectivity index (χ1v) is 7.87. The van der Waals surface area contributed by atoms with E-state index in [1.54, 1.807) is 24.3 Å². The van der Waals surface area contributed by atoms with Crippen LogP contribution in [0, 0.1) is 12.7 Å². The number of rotatable bonds is 3. The molecule has 0 fully saturated rings. The average Bonchev–Trinajstić information content (AvgIpc) is 2.54. The van der Waals surface area contributed by atoms with E-state index in [-0.39, 0.29) is 11.6 Å². The van der Waals surface area contributed by atoms with Crippen LogP contribution in [0.1, 0.15) is 43.4 Å². The summed E-state index contributed by atoms with van der Waals surface area (Å²) in [6, 6.07) is 9.63. The molecule has 1 aliphatic heterocycles. The highest BCUT2D eigenvalue weighted by Gasteiger charge is 2.35. The lowest BCUT2D eigenvalue weighted by molar-refractivity contribution is 0.0656. The van der Waals surface area contributed by atoms with Crippen LogP contribution in [0.15, 0.2) is 41.4 Å². The van der Waals surface area contributed by atoms with Crippen molar-refractivity contribution in [2.45, 2.75) is 39.3 Å². The predicted molar refractivity (Wildman–Crippen MR) is 88.8 cm³/mol. The van der Waals surface area contributed by atoms with Gasteiger partial charge in [-0.3, -0.25) is 0 Å². The molecule has 0 aromatic heterocycles. The SMILES string of the molecule is CCC1(CC)N=C(c2ccc(F)cc2)c2c(C)cc(O)cc2O1. The molecule has 23 heavy (non-hydrogen) atoms. The number of aliphatic imine (C=N–C) groups is 1. The molecule has 0 saturated heterocycles. The van der Waals surface area contributed by atoms with Crippen LogP contribution in [-0.4, -0.2) is 16.5 Å². The molecule has 0 bridgehead atoms. The highest BCUT2D eigenvalue weighted by atomic mass is 19.1. The zero-order valence-electron chi connectivity index (χ0n) is 13.6. The van der Waals surface area contributed by atoms with E-state index in [1.807, 2.05) is 20.8 Å². The molecule has 0 amide bonds. The number of halogens is 1. The number of ether oxygens (including phenoxy) is 1. The number of phenolic OH excluding ortho intramolecular Hbond substituents is 1. The van der Waals surface area contributed by atoms with Gasteiger partial charge in [-0.2, -0.15) is 0 Å². The van der Waals surface area contributed by atoms with Crippen LogP contribution < -0.4 is 4.74 Å². The lowest BCUT2D eigenvalue weighted by atomic mass is 9.93. The summed E-state index contributed by atoms with van der Waals surface area (Å²) in [7, 11) is 0. The van der Waals surface area contributed by atoms with E-state index >= 15 is 0 Å². The van der Waals surface area contributed by atoms with Crippen LogP contribution in [0.4, 0.5) is 4.39 Å². The maximum absolute atomic E-state index is 13.3. The Hall–Kier alpha value is -2.36. The minimum absolute atomic E-state index is 0.169. The Balaban J connectivity index is 2.25. The summed E-state index contributed by atoms with van der Waals surface area (Å²) in [6.07, 6.45) is 1.42. The molecule has 0 saturated carbocycles. The first-order chi connectivity index (χ1) is 11.0. The van der Waals surface area contributed by atoms with Crippen LogP contribution in [0.3, 0.4) is 0 Å². The van der Waals surface area contributed by atoms with Crippen molar-refractivity contribution in [2.24, 2.45) is 4.99 Å². The summed E-state index contributed by atoms with van der Waals surface area (Å²) in [6.45, 7) is 5.96. The topological polar surface area (TPSA) is 41.8 Å². The van der Waals surface area contributed by atoms with Crippen LogP contribution >= 0.6 is 0 Å². The van der Waals surface area contributed by atoms with Crippen molar-refractivity contribution < 1.29 is 14.2 Å². The van der Waals surface area contributed by atoms with Gasteiger partial charge < -0.3 is 9.84 Å². The largest absolute Gasteiger partial charge is 0.508 e. The van der Waals surface area contributed by atoms with E-state index in [4.69, 9.17) is 9.73 Å². The molecule has 4 heteroatoms. The third kappa shape index (κ3) is 2.69. The van der Waals surface area contributed by atoms with E-state index < -0.39 is 5.72 Å². The molecule has 3 rings (SSSR count). The number of nitrogens with zero attached hydrogens (tertiary/aromatic N) is 1. The van der Waals surface area contributed by atoms with Gasteiger partial charge in [0.05, 0.1) is 5.71 Å². The van der Waals surface area contributed by atoms with Gasteiger partial charge in [-0.15, -0.1) is 0 Å². The van der Waals surface area contributed by atoms with Gasteiger partial charge in [-0.1, -0.05) is 13.8 Å². The number of benzene rings is 2. The predicted octanol–water partition coefficient (Wildman–Crippen LogP) is 4.59. The Morgan fingerprint density at radius 2 is 1.78 bits per heavy atom. The lowest BCUT2D eigenvalue weighted by Crippen LogP contribution is -2.37. The Bertz CT molecular complexity index is 762. The van der Waals surface area contributed by atoms with E-state index in [2.05, 4.69) is 0 Å². The van der Waals surface area contributed by atoms with E-state index in [1.165, 1.54) is 12.1 Å². The van der Waals surface area contributed by atoms with Gasteiger partial charge in [-0.05, 0) is 42.8 Å². The standard InChI is InChI=1S/C19H20FNO2/c1-4-19(5-2)21-18(13-6-8-14(20)9-7-13)17-12(3)10-15(22)11-16(17)23-19/h6-11,22H,4-5H2,1-3H3. The Morgan fingerprint density at radius 3 is 2.39 bits per heavy atom. The molecule has 1 aliphatic rings. The summed E-state index contributed by atoms with van der Waals surface area (Å²) in [5, 5.41) is 9.91. The maximum atomic E-state index is 13.3. The molecule has 0 atom stereocenters. The fraction of sp³-hybridized carbons (Fsp3) is 0.316. The number of fused-ring (bicyclic) bond motifs is 1. The van der Waals surface area contributed by atoms with Gasteiger partial charge in [0.15, 0.2) is 5.72 Å². The van der Waals surface area contributed by atoms with Gasteiger partial charge >= 0.3 is 0 Å². The van der Waals surface area contributed by atoms with E-state index in [0.717, 1.165) is 22.4 Å². The molecule has 2 aromatic carbocycles. The van der Waals surface area contributed by atoms with Crippen molar-refractivity contribution in [1.82, 2.24) is 0 Å². The molecule has 1 heterocycles. The van der Waals surface area contributed by atoms with Crippen LogP contribution in [0.5, 0.6) is 11.5 Å². The molecule has 0 radical (unpaired) electrons. The number of hydrogen-bond acceptors (Lipinski definition) is 3. The number of phenols is 1. The van der Waals surface area contributed by atoms with Crippen molar-refractivity contribution in [3.63, 3.8) is 0 Å². The summed E-state index contributed by atoms with van der Waals surface area (Å²) in [4.78, 5) is 4.87. The summed E-state index contributed by atoms with van der Waals surface area (Å²) >= 11 is 0. The second-order valence-electron chi connectivity index (χ2n) is 5.86. The zero-order chi connectivity index (χ0) is 16.6. The number of aromatic hydroxyl groups is 1.